The van der Waals surface area contributed by atoms with Gasteiger partial charge in [-0.05, 0) is 88.5 Å². The molecule has 0 N–H and O–H groups in total. The van der Waals surface area contributed by atoms with Gasteiger partial charge >= 0.3 is 0 Å². The number of hydrogen-bond donors (Lipinski definition) is 0. The van der Waals surface area contributed by atoms with Crippen LogP contribution in [-0.2, 0) is 20.7 Å². The number of rotatable bonds is 4. The predicted molar refractivity (Wildman–Crippen MR) is 233 cm³/mol. The number of allylic oxidation sites excluding steroid dienone is 4. The molecule has 4 nitrogen and oxygen atoms in total. The van der Waals surface area contributed by atoms with Gasteiger partial charge in [0.1, 0.15) is 0 Å². The second-order valence-electron chi connectivity index (χ2n) is 16.3. The monoisotopic (exact) mass is 746 g/mol. The van der Waals surface area contributed by atoms with Gasteiger partial charge in [-0.3, -0.25) is 0 Å². The summed E-state index contributed by atoms with van der Waals surface area (Å²) in [5.41, 5.74) is 12.0. The zero-order chi connectivity index (χ0) is 38.7. The van der Waals surface area contributed by atoms with Crippen LogP contribution in [0.4, 0.5) is 28.4 Å². The Morgan fingerprint density at radius 2 is 1.09 bits per heavy atom. The van der Waals surface area contributed by atoms with Crippen LogP contribution in [0.25, 0.3) is 32.7 Å². The summed E-state index contributed by atoms with van der Waals surface area (Å²) in [6, 6.07) is 46.3. The van der Waals surface area contributed by atoms with Crippen molar-refractivity contribution in [1.82, 2.24) is 0 Å². The zero-order valence-electron chi connectivity index (χ0n) is 32.3. The summed E-state index contributed by atoms with van der Waals surface area (Å²) >= 11 is 0. The SMILES string of the molecule is C=C/C=C\C1=C(C)C(C)(C)c2ccc3ccccc3c2N1c1ccc2c(c1)-c1cc(N3c4ccccc4C(C)(C)c4ccc5ccccc5c43)ccc1S2(=O)=O. The molecule has 0 spiro atoms. The first-order valence-electron chi connectivity index (χ1n) is 19.2. The molecule has 0 bridgehead atoms. The van der Waals surface area contributed by atoms with Crippen molar-refractivity contribution in [3.63, 3.8) is 0 Å². The van der Waals surface area contributed by atoms with Crippen molar-refractivity contribution in [3.05, 3.63) is 186 Å². The van der Waals surface area contributed by atoms with Crippen LogP contribution in [0.1, 0.15) is 51.3 Å². The molecule has 7 aromatic rings. The molecule has 5 heteroatoms. The number of benzene rings is 7. The van der Waals surface area contributed by atoms with Gasteiger partial charge in [0.15, 0.2) is 0 Å². The third kappa shape index (κ3) is 4.61. The lowest BCUT2D eigenvalue weighted by molar-refractivity contribution is 0.598. The Balaban J connectivity index is 1.22. The minimum absolute atomic E-state index is 0.249. The summed E-state index contributed by atoms with van der Waals surface area (Å²) in [7, 11) is -3.76. The van der Waals surface area contributed by atoms with E-state index in [1.807, 2.05) is 18.2 Å². The number of nitrogens with zero attached hydrogens (tertiary/aromatic N) is 2. The molecule has 3 heterocycles. The van der Waals surface area contributed by atoms with Gasteiger partial charge < -0.3 is 9.80 Å². The Bertz CT molecular complexity index is 3040. The molecule has 0 amide bonds. The first kappa shape index (κ1) is 34.3. The predicted octanol–water partition coefficient (Wildman–Crippen LogP) is 13.4. The van der Waals surface area contributed by atoms with E-state index in [9.17, 15) is 8.42 Å². The average Bonchev–Trinajstić information content (AvgIpc) is 3.43. The number of para-hydroxylation sites is 1. The van der Waals surface area contributed by atoms with Gasteiger partial charge in [-0.15, -0.1) is 0 Å². The molecule has 0 aromatic heterocycles. The first-order valence-corrected chi connectivity index (χ1v) is 20.7. The molecule has 0 atom stereocenters. The van der Waals surface area contributed by atoms with E-state index >= 15 is 0 Å². The molecular weight excluding hydrogens is 705 g/mol. The lowest BCUT2D eigenvalue weighted by atomic mass is 9.72. The fourth-order valence-electron chi connectivity index (χ4n) is 9.49. The molecule has 0 fully saturated rings. The molecule has 10 rings (SSSR count). The van der Waals surface area contributed by atoms with E-state index in [-0.39, 0.29) is 10.8 Å². The van der Waals surface area contributed by atoms with Gasteiger partial charge in [-0.2, -0.15) is 0 Å². The quantitative estimate of drug-likeness (QED) is 0.168. The third-order valence-corrected chi connectivity index (χ3v) is 14.5. The maximum Gasteiger partial charge on any atom is 0.207 e. The number of hydrogen-bond acceptors (Lipinski definition) is 4. The maximum absolute atomic E-state index is 14.4. The van der Waals surface area contributed by atoms with Crippen LogP contribution in [0.3, 0.4) is 0 Å². The van der Waals surface area contributed by atoms with Crippen molar-refractivity contribution in [2.75, 3.05) is 9.80 Å². The summed E-state index contributed by atoms with van der Waals surface area (Å²) < 4.78 is 28.7. The zero-order valence-corrected chi connectivity index (χ0v) is 33.1. The lowest BCUT2D eigenvalue weighted by Crippen LogP contribution is -2.33. The molecule has 56 heavy (non-hydrogen) atoms. The van der Waals surface area contributed by atoms with E-state index in [0.717, 1.165) is 55.7 Å². The van der Waals surface area contributed by atoms with Gasteiger partial charge in [-0.25, -0.2) is 8.42 Å². The van der Waals surface area contributed by atoms with Crippen molar-refractivity contribution < 1.29 is 8.42 Å². The molecule has 274 valence electrons. The highest BCUT2D eigenvalue weighted by Crippen LogP contribution is 2.57. The third-order valence-electron chi connectivity index (χ3n) is 12.7. The van der Waals surface area contributed by atoms with Crippen LogP contribution in [0.15, 0.2) is 179 Å². The van der Waals surface area contributed by atoms with E-state index in [1.54, 1.807) is 18.2 Å². The number of sulfone groups is 1. The second kappa shape index (κ2) is 11.9. The smallest absolute Gasteiger partial charge is 0.207 e. The first-order chi connectivity index (χ1) is 26.9. The Hall–Kier alpha value is -6.17. The fraction of sp³-hybridized carbons (Fsp3) is 0.137. The van der Waals surface area contributed by atoms with Gasteiger partial charge in [0, 0.05) is 49.8 Å². The van der Waals surface area contributed by atoms with E-state index in [0.29, 0.717) is 20.9 Å². The Labute approximate surface area is 329 Å². The van der Waals surface area contributed by atoms with Crippen molar-refractivity contribution in [3.8, 4) is 11.1 Å². The Morgan fingerprint density at radius 1 is 0.571 bits per heavy atom. The van der Waals surface area contributed by atoms with Crippen LogP contribution >= 0.6 is 0 Å². The Morgan fingerprint density at radius 3 is 1.70 bits per heavy atom. The van der Waals surface area contributed by atoms with E-state index < -0.39 is 9.84 Å². The molecule has 3 aliphatic heterocycles. The molecular formula is C51H42N2O2S. The fourth-order valence-corrected chi connectivity index (χ4v) is 11.1. The van der Waals surface area contributed by atoms with Crippen molar-refractivity contribution >= 4 is 59.8 Å². The van der Waals surface area contributed by atoms with Crippen LogP contribution in [-0.4, -0.2) is 8.42 Å². The highest BCUT2D eigenvalue weighted by Gasteiger charge is 2.41. The topological polar surface area (TPSA) is 40.6 Å². The molecule has 3 aliphatic rings. The molecule has 0 radical (unpaired) electrons. The van der Waals surface area contributed by atoms with Gasteiger partial charge in [-0.1, -0.05) is 137 Å². The molecule has 0 aliphatic carbocycles. The highest BCUT2D eigenvalue weighted by atomic mass is 32.2. The minimum Gasteiger partial charge on any atom is -0.310 e. The van der Waals surface area contributed by atoms with E-state index in [2.05, 4.69) is 166 Å². The minimum atomic E-state index is -3.76. The molecule has 0 saturated heterocycles. The van der Waals surface area contributed by atoms with Crippen molar-refractivity contribution in [2.45, 2.75) is 55.2 Å². The highest BCUT2D eigenvalue weighted by molar-refractivity contribution is 7.92. The summed E-state index contributed by atoms with van der Waals surface area (Å²) in [6.45, 7) is 15.3. The molecule has 7 aromatic carbocycles. The summed E-state index contributed by atoms with van der Waals surface area (Å²) in [5.74, 6) is 0. The maximum atomic E-state index is 14.4. The number of anilines is 5. The summed E-state index contributed by atoms with van der Waals surface area (Å²) in [5, 5.41) is 4.61. The second-order valence-corrected chi connectivity index (χ2v) is 18.2. The summed E-state index contributed by atoms with van der Waals surface area (Å²) in [4.78, 5) is 5.32. The van der Waals surface area contributed by atoms with Crippen molar-refractivity contribution in [2.24, 2.45) is 0 Å². The largest absolute Gasteiger partial charge is 0.310 e. The van der Waals surface area contributed by atoms with Gasteiger partial charge in [0.25, 0.3) is 0 Å². The molecule has 0 unspecified atom stereocenters. The van der Waals surface area contributed by atoms with E-state index in [1.165, 1.54) is 22.3 Å². The van der Waals surface area contributed by atoms with Crippen LogP contribution < -0.4 is 9.80 Å². The van der Waals surface area contributed by atoms with Gasteiger partial charge in [0.2, 0.25) is 9.84 Å². The van der Waals surface area contributed by atoms with Crippen molar-refractivity contribution in [1.29, 1.82) is 0 Å². The molecule has 0 saturated carbocycles. The van der Waals surface area contributed by atoms with Crippen LogP contribution in [0.2, 0.25) is 0 Å². The Kier molecular flexibility index (Phi) is 7.30. The average molecular weight is 747 g/mol. The lowest BCUT2D eigenvalue weighted by Gasteiger charge is -2.43. The van der Waals surface area contributed by atoms with Crippen LogP contribution in [0, 0.1) is 0 Å². The number of fused-ring (bicyclic) bond motifs is 10. The van der Waals surface area contributed by atoms with Crippen LogP contribution in [0.5, 0.6) is 0 Å². The normalized spacial score (nSPS) is 17.1. The standard InChI is InChI=1S/C51H42N2O2S/c1-7-8-20-44-32(2)50(3,4)42-26-22-33-15-9-11-17-37(33)48(42)52(44)35-24-28-46-39(30-35)40-31-36(25-29-47(40)56(46,54)55)53-45-21-14-13-19-41(45)51(5,6)43-27-23-34-16-10-12-18-38(34)49(43)53/h7-31H,1H2,2-6H3/b20-8-. The van der Waals surface area contributed by atoms with E-state index in [4.69, 9.17) is 0 Å². The summed E-state index contributed by atoms with van der Waals surface area (Å²) in [6.07, 6.45) is 5.91. The van der Waals surface area contributed by atoms with Gasteiger partial charge in [0.05, 0.1) is 26.9 Å².